The van der Waals surface area contributed by atoms with Gasteiger partial charge in [-0.1, -0.05) is 29.5 Å². The average Bonchev–Trinajstić information content (AvgIpc) is 2.46. The molecule has 106 valence electrons. The third-order valence-corrected chi connectivity index (χ3v) is 3.13. The number of hydrogen-bond donors (Lipinski definition) is 2. The molecule has 0 heterocycles. The van der Waals surface area contributed by atoms with Gasteiger partial charge in [0, 0.05) is 21.8 Å². The summed E-state index contributed by atoms with van der Waals surface area (Å²) in [4.78, 5) is 12.2. The van der Waals surface area contributed by atoms with E-state index in [-0.39, 0.29) is 5.91 Å². The maximum Gasteiger partial charge on any atom is 0.255 e. The molecule has 0 unspecified atom stereocenters. The minimum atomic E-state index is -0.182. The van der Waals surface area contributed by atoms with Gasteiger partial charge in [-0.15, -0.1) is 0 Å². The zero-order chi connectivity index (χ0) is 15.2. The topological polar surface area (TPSA) is 55.1 Å². The second-order valence-electron chi connectivity index (χ2n) is 4.50. The van der Waals surface area contributed by atoms with E-state index >= 15 is 0 Å². The number of halogens is 1. The molecule has 0 aliphatic carbocycles. The highest BCUT2D eigenvalue weighted by Gasteiger charge is 2.07. The van der Waals surface area contributed by atoms with Crippen molar-refractivity contribution in [3.63, 3.8) is 0 Å². The van der Waals surface area contributed by atoms with Crippen molar-refractivity contribution in [2.45, 2.75) is 6.92 Å². The molecule has 0 bridgehead atoms. The quantitative estimate of drug-likeness (QED) is 0.837. The van der Waals surface area contributed by atoms with E-state index in [0.717, 1.165) is 11.1 Å². The highest BCUT2D eigenvalue weighted by atomic mass is 35.5. The van der Waals surface area contributed by atoms with Crippen LogP contribution < -0.4 is 11.1 Å². The van der Waals surface area contributed by atoms with Crippen molar-refractivity contribution in [2.75, 3.05) is 11.9 Å². The molecule has 4 heteroatoms. The smallest absolute Gasteiger partial charge is 0.255 e. The summed E-state index contributed by atoms with van der Waals surface area (Å²) in [5.41, 5.74) is 8.41. The van der Waals surface area contributed by atoms with Crippen LogP contribution in [0.5, 0.6) is 0 Å². The number of rotatable bonds is 2. The predicted octanol–water partition coefficient (Wildman–Crippen LogP) is 3.21. The van der Waals surface area contributed by atoms with Gasteiger partial charge in [0.05, 0.1) is 6.54 Å². The number of nitrogens with two attached hydrogens (primary N) is 1. The predicted molar refractivity (Wildman–Crippen MR) is 86.5 cm³/mol. The zero-order valence-electron chi connectivity index (χ0n) is 11.6. The Morgan fingerprint density at radius 2 is 2.10 bits per heavy atom. The molecule has 2 aromatic rings. The Bertz CT molecular complexity index is 729. The first-order chi connectivity index (χ1) is 10.1. The summed E-state index contributed by atoms with van der Waals surface area (Å²) in [7, 11) is 0. The van der Waals surface area contributed by atoms with E-state index in [2.05, 4.69) is 17.2 Å². The number of hydrogen-bond acceptors (Lipinski definition) is 2. The van der Waals surface area contributed by atoms with Crippen molar-refractivity contribution in [1.29, 1.82) is 0 Å². The van der Waals surface area contributed by atoms with Gasteiger partial charge in [-0.25, -0.2) is 0 Å². The van der Waals surface area contributed by atoms with Crippen molar-refractivity contribution in [3.8, 4) is 11.8 Å². The van der Waals surface area contributed by atoms with Crippen LogP contribution in [0.25, 0.3) is 0 Å². The molecule has 0 atom stereocenters. The molecule has 3 nitrogen and oxygen atoms in total. The summed E-state index contributed by atoms with van der Waals surface area (Å²) in [6.45, 7) is 2.23. The van der Waals surface area contributed by atoms with Crippen LogP contribution in [0.1, 0.15) is 21.5 Å². The van der Waals surface area contributed by atoms with Crippen molar-refractivity contribution < 1.29 is 4.79 Å². The number of carbonyl (C=O) groups excluding carboxylic acids is 1. The summed E-state index contributed by atoms with van der Waals surface area (Å²) in [5.74, 6) is 5.59. The molecule has 0 radical (unpaired) electrons. The highest BCUT2D eigenvalue weighted by molar-refractivity contribution is 6.30. The van der Waals surface area contributed by atoms with Crippen LogP contribution in [0, 0.1) is 18.8 Å². The number of nitrogens with one attached hydrogen (secondary N) is 1. The number of carbonyl (C=O) groups is 1. The van der Waals surface area contributed by atoms with Gasteiger partial charge in [0.15, 0.2) is 0 Å². The molecule has 21 heavy (non-hydrogen) atoms. The largest absolute Gasteiger partial charge is 0.322 e. The minimum absolute atomic E-state index is 0.182. The molecule has 2 rings (SSSR count). The van der Waals surface area contributed by atoms with Crippen molar-refractivity contribution in [1.82, 2.24) is 0 Å². The fourth-order valence-electron chi connectivity index (χ4n) is 1.86. The van der Waals surface area contributed by atoms with E-state index in [1.54, 1.807) is 36.4 Å². The van der Waals surface area contributed by atoms with Crippen LogP contribution in [-0.4, -0.2) is 12.5 Å². The first-order valence-corrected chi connectivity index (χ1v) is 6.84. The fraction of sp³-hybridized carbons (Fsp3) is 0.118. The Balaban J connectivity index is 2.18. The number of amides is 1. The van der Waals surface area contributed by atoms with Crippen molar-refractivity contribution >= 4 is 23.2 Å². The average molecular weight is 299 g/mol. The standard InChI is InChI=1S/C17H15ClN2O/c1-12-10-14(8-7-13(12)4-3-9-19)17(21)20-16-6-2-5-15(18)11-16/h2,5-8,10-11H,9,19H2,1H3,(H,20,21). The third kappa shape index (κ3) is 4.09. The Morgan fingerprint density at radius 3 is 2.76 bits per heavy atom. The normalized spacial score (nSPS) is 9.67. The Hall–Kier alpha value is -2.28. The molecule has 0 spiro atoms. The summed E-state index contributed by atoms with van der Waals surface area (Å²) in [5, 5.41) is 3.39. The van der Waals surface area contributed by atoms with Crippen LogP contribution in [-0.2, 0) is 0 Å². The molecule has 0 fully saturated rings. The van der Waals surface area contributed by atoms with Crippen LogP contribution in [0.4, 0.5) is 5.69 Å². The maximum absolute atomic E-state index is 12.2. The van der Waals surface area contributed by atoms with Gasteiger partial charge in [-0.2, -0.15) is 0 Å². The SMILES string of the molecule is Cc1cc(C(=O)Nc2cccc(Cl)c2)ccc1C#CCN. The molecule has 1 amide bonds. The molecule has 0 saturated heterocycles. The monoisotopic (exact) mass is 298 g/mol. The number of benzene rings is 2. The lowest BCUT2D eigenvalue weighted by molar-refractivity contribution is 0.102. The zero-order valence-corrected chi connectivity index (χ0v) is 12.4. The van der Waals surface area contributed by atoms with Gasteiger partial charge in [-0.3, -0.25) is 4.79 Å². The Labute approximate surface area is 129 Å². The lowest BCUT2D eigenvalue weighted by Gasteiger charge is -2.07. The molecular weight excluding hydrogens is 284 g/mol. The van der Waals surface area contributed by atoms with Gasteiger partial charge in [-0.05, 0) is 48.9 Å². The third-order valence-electron chi connectivity index (χ3n) is 2.90. The lowest BCUT2D eigenvalue weighted by Crippen LogP contribution is -2.12. The Morgan fingerprint density at radius 1 is 1.29 bits per heavy atom. The highest BCUT2D eigenvalue weighted by Crippen LogP contribution is 2.17. The van der Waals surface area contributed by atoms with Crippen LogP contribution in [0.2, 0.25) is 5.02 Å². The van der Waals surface area contributed by atoms with E-state index in [1.807, 2.05) is 13.0 Å². The summed E-state index contributed by atoms with van der Waals surface area (Å²) < 4.78 is 0. The van der Waals surface area contributed by atoms with Crippen LogP contribution in [0.3, 0.4) is 0 Å². The molecule has 3 N–H and O–H groups in total. The van der Waals surface area contributed by atoms with E-state index in [1.165, 1.54) is 0 Å². The number of anilines is 1. The summed E-state index contributed by atoms with van der Waals surface area (Å²) >= 11 is 5.89. The second-order valence-corrected chi connectivity index (χ2v) is 4.94. The lowest BCUT2D eigenvalue weighted by atomic mass is 10.0. The number of aryl methyl sites for hydroxylation is 1. The molecular formula is C17H15ClN2O. The van der Waals surface area contributed by atoms with Gasteiger partial charge >= 0.3 is 0 Å². The van der Waals surface area contributed by atoms with Gasteiger partial charge in [0.2, 0.25) is 0 Å². The molecule has 0 aliphatic rings. The minimum Gasteiger partial charge on any atom is -0.322 e. The van der Waals surface area contributed by atoms with E-state index in [4.69, 9.17) is 17.3 Å². The van der Waals surface area contributed by atoms with Crippen LogP contribution in [0.15, 0.2) is 42.5 Å². The Kier molecular flexibility index (Phi) is 4.99. The first-order valence-electron chi connectivity index (χ1n) is 6.46. The fourth-order valence-corrected chi connectivity index (χ4v) is 2.05. The molecule has 0 aliphatic heterocycles. The molecule has 0 saturated carbocycles. The molecule has 0 aromatic heterocycles. The second kappa shape index (κ2) is 6.94. The van der Waals surface area contributed by atoms with Crippen LogP contribution >= 0.6 is 11.6 Å². The summed E-state index contributed by atoms with van der Waals surface area (Å²) in [6, 6.07) is 12.4. The van der Waals surface area contributed by atoms with E-state index in [9.17, 15) is 4.79 Å². The first kappa shape index (κ1) is 15.1. The summed E-state index contributed by atoms with van der Waals surface area (Å²) in [6.07, 6.45) is 0. The molecule has 2 aromatic carbocycles. The maximum atomic E-state index is 12.2. The van der Waals surface area contributed by atoms with Gasteiger partial charge in [0.1, 0.15) is 0 Å². The van der Waals surface area contributed by atoms with Gasteiger partial charge < -0.3 is 11.1 Å². The van der Waals surface area contributed by atoms with Crippen molar-refractivity contribution in [3.05, 3.63) is 64.2 Å². The van der Waals surface area contributed by atoms with E-state index < -0.39 is 0 Å². The van der Waals surface area contributed by atoms with Gasteiger partial charge in [0.25, 0.3) is 5.91 Å². The van der Waals surface area contributed by atoms with Crippen molar-refractivity contribution in [2.24, 2.45) is 5.73 Å². The van der Waals surface area contributed by atoms with E-state index in [0.29, 0.717) is 22.8 Å².